The lowest BCUT2D eigenvalue weighted by molar-refractivity contribution is 0.487. The third-order valence-corrected chi connectivity index (χ3v) is 12.8. The molecule has 1 aliphatic heterocycles. The van der Waals surface area contributed by atoms with Crippen molar-refractivity contribution in [1.29, 1.82) is 0 Å². The van der Waals surface area contributed by atoms with Gasteiger partial charge in [0.05, 0.1) is 5.41 Å². The number of hydrogen-bond donors (Lipinski definition) is 0. The second-order valence-corrected chi connectivity index (χ2v) is 15.5. The molecule has 13 rings (SSSR count). The van der Waals surface area contributed by atoms with E-state index in [2.05, 4.69) is 188 Å². The van der Waals surface area contributed by atoms with Gasteiger partial charge in [-0.2, -0.15) is 0 Å². The maximum Gasteiger partial charge on any atom is 0.135 e. The molecule has 1 heterocycles. The van der Waals surface area contributed by atoms with Gasteiger partial charge in [0.15, 0.2) is 0 Å². The van der Waals surface area contributed by atoms with E-state index in [1.807, 2.05) is 6.07 Å². The molecule has 3 aliphatic rings. The highest BCUT2D eigenvalue weighted by Gasteiger charge is 2.53. The second-order valence-electron chi connectivity index (χ2n) is 15.5. The number of para-hydroxylation sites is 1. The summed E-state index contributed by atoms with van der Waals surface area (Å²) in [5, 5.41) is 7.41. The van der Waals surface area contributed by atoms with Crippen LogP contribution >= 0.6 is 0 Å². The van der Waals surface area contributed by atoms with Crippen molar-refractivity contribution in [3.8, 4) is 67.1 Å². The van der Waals surface area contributed by atoms with Gasteiger partial charge in [0.1, 0.15) is 11.5 Å². The van der Waals surface area contributed by atoms with E-state index in [4.69, 9.17) is 4.74 Å². The Balaban J connectivity index is 1.20. The number of rotatable bonds is 2. The van der Waals surface area contributed by atoms with Crippen molar-refractivity contribution < 1.29 is 4.74 Å². The average molecular weight is 709 g/mol. The van der Waals surface area contributed by atoms with Crippen LogP contribution in [0.2, 0.25) is 0 Å². The molecule has 0 N–H and O–H groups in total. The van der Waals surface area contributed by atoms with E-state index in [9.17, 15) is 0 Å². The summed E-state index contributed by atoms with van der Waals surface area (Å²) in [5.74, 6) is 1.81. The molecule has 0 atom stereocenters. The van der Waals surface area contributed by atoms with E-state index in [0.29, 0.717) is 0 Å². The maximum atomic E-state index is 6.59. The fourth-order valence-electron chi connectivity index (χ4n) is 10.6. The van der Waals surface area contributed by atoms with Gasteiger partial charge in [0.25, 0.3) is 0 Å². The summed E-state index contributed by atoms with van der Waals surface area (Å²) in [5.41, 5.74) is 17.4. The van der Waals surface area contributed by atoms with Crippen LogP contribution in [0.25, 0.3) is 88.0 Å². The molecule has 1 nitrogen and oxygen atoms in total. The normalized spacial score (nSPS) is 13.6. The number of fused-ring (bicyclic) bond motifs is 15. The molecule has 10 aromatic carbocycles. The summed E-state index contributed by atoms with van der Waals surface area (Å²) < 4.78 is 6.59. The molecule has 10 aromatic rings. The number of ether oxygens (including phenoxy) is 1. The minimum Gasteiger partial charge on any atom is -0.456 e. The summed E-state index contributed by atoms with van der Waals surface area (Å²) in [7, 11) is 0. The zero-order chi connectivity index (χ0) is 36.5. The summed E-state index contributed by atoms with van der Waals surface area (Å²) in [6.45, 7) is 0. The topological polar surface area (TPSA) is 9.23 Å². The standard InChI is InChI=1S/C55H32O/c1-2-14-35-30-36(25-24-33(35)12-1)46-31-37(38-28-29-51-53-43(38)19-11-20-44(53)42-18-7-10-23-50(42)56-51)32-49-52(46)45-27-26-34-13-3-4-15-39(34)54(45)55(49)47-21-8-5-16-40(47)41-17-6-9-22-48(41)55/h1-32H. The third kappa shape index (κ3) is 3.79. The van der Waals surface area contributed by atoms with Gasteiger partial charge in [-0.1, -0.05) is 164 Å². The third-order valence-electron chi connectivity index (χ3n) is 12.8. The van der Waals surface area contributed by atoms with Crippen molar-refractivity contribution in [3.05, 3.63) is 216 Å². The molecule has 1 spiro atoms. The predicted molar refractivity (Wildman–Crippen MR) is 232 cm³/mol. The first kappa shape index (κ1) is 30.1. The Morgan fingerprint density at radius 2 is 0.964 bits per heavy atom. The molecule has 56 heavy (non-hydrogen) atoms. The van der Waals surface area contributed by atoms with Gasteiger partial charge < -0.3 is 4.74 Å². The Kier molecular flexibility index (Phi) is 5.89. The van der Waals surface area contributed by atoms with Crippen molar-refractivity contribution in [3.63, 3.8) is 0 Å². The van der Waals surface area contributed by atoms with Crippen LogP contribution < -0.4 is 4.74 Å². The molecule has 0 aromatic heterocycles. The maximum absolute atomic E-state index is 6.59. The summed E-state index contributed by atoms with van der Waals surface area (Å²) in [4.78, 5) is 0. The number of benzene rings is 10. The summed E-state index contributed by atoms with van der Waals surface area (Å²) in [6, 6.07) is 72.3. The second kappa shape index (κ2) is 10.9. The fourth-order valence-corrected chi connectivity index (χ4v) is 10.6. The average Bonchev–Trinajstić information content (AvgIpc) is 3.74. The van der Waals surface area contributed by atoms with Crippen molar-refractivity contribution in [2.45, 2.75) is 5.41 Å². The van der Waals surface area contributed by atoms with Gasteiger partial charge in [-0.05, 0) is 130 Å². The monoisotopic (exact) mass is 708 g/mol. The molecule has 0 saturated carbocycles. The first-order valence-corrected chi connectivity index (χ1v) is 19.5. The van der Waals surface area contributed by atoms with Crippen molar-refractivity contribution >= 4 is 32.3 Å². The Bertz CT molecular complexity index is 3300. The molecular formula is C55H32O. The lowest BCUT2D eigenvalue weighted by atomic mass is 9.69. The molecule has 1 heteroatoms. The molecule has 0 saturated heterocycles. The minimum atomic E-state index is -0.519. The smallest absolute Gasteiger partial charge is 0.135 e. The highest BCUT2D eigenvalue weighted by atomic mass is 16.5. The van der Waals surface area contributed by atoms with E-state index < -0.39 is 5.41 Å². The predicted octanol–water partition coefficient (Wildman–Crippen LogP) is 14.6. The van der Waals surface area contributed by atoms with Crippen LogP contribution in [0.1, 0.15) is 22.3 Å². The van der Waals surface area contributed by atoms with E-state index in [1.54, 1.807) is 0 Å². The zero-order valence-electron chi connectivity index (χ0n) is 30.4. The van der Waals surface area contributed by atoms with Crippen LogP contribution in [0.3, 0.4) is 0 Å². The van der Waals surface area contributed by atoms with Crippen LogP contribution in [0.15, 0.2) is 194 Å². The van der Waals surface area contributed by atoms with Gasteiger partial charge in [0, 0.05) is 10.9 Å². The van der Waals surface area contributed by atoms with E-state index in [1.165, 1.54) is 99.3 Å². The van der Waals surface area contributed by atoms with Crippen LogP contribution in [-0.4, -0.2) is 0 Å². The van der Waals surface area contributed by atoms with E-state index in [0.717, 1.165) is 22.4 Å². The number of hydrogen-bond acceptors (Lipinski definition) is 1. The molecular weight excluding hydrogens is 677 g/mol. The Labute approximate surface area is 324 Å². The Morgan fingerprint density at radius 1 is 0.321 bits per heavy atom. The molecule has 0 unspecified atom stereocenters. The van der Waals surface area contributed by atoms with Gasteiger partial charge in [-0.3, -0.25) is 0 Å². The van der Waals surface area contributed by atoms with Gasteiger partial charge >= 0.3 is 0 Å². The molecule has 0 amide bonds. The van der Waals surface area contributed by atoms with E-state index in [-0.39, 0.29) is 0 Å². The molecule has 0 bridgehead atoms. The van der Waals surface area contributed by atoms with Gasteiger partial charge in [0.2, 0.25) is 0 Å². The lowest BCUT2D eigenvalue weighted by Gasteiger charge is -2.32. The minimum absolute atomic E-state index is 0.519. The van der Waals surface area contributed by atoms with Crippen molar-refractivity contribution in [1.82, 2.24) is 0 Å². The first-order valence-electron chi connectivity index (χ1n) is 19.5. The fraction of sp³-hybridized carbons (Fsp3) is 0.0182. The van der Waals surface area contributed by atoms with Crippen molar-refractivity contribution in [2.75, 3.05) is 0 Å². The van der Waals surface area contributed by atoms with Gasteiger partial charge in [-0.15, -0.1) is 0 Å². The first-order chi connectivity index (χ1) is 27.8. The van der Waals surface area contributed by atoms with Crippen LogP contribution in [0.5, 0.6) is 11.5 Å². The highest BCUT2D eigenvalue weighted by molar-refractivity contribution is 6.12. The summed E-state index contributed by atoms with van der Waals surface area (Å²) in [6.07, 6.45) is 0. The lowest BCUT2D eigenvalue weighted by Crippen LogP contribution is -2.26. The van der Waals surface area contributed by atoms with E-state index >= 15 is 0 Å². The molecule has 0 radical (unpaired) electrons. The van der Waals surface area contributed by atoms with Crippen LogP contribution in [0, 0.1) is 0 Å². The van der Waals surface area contributed by atoms with Crippen molar-refractivity contribution in [2.24, 2.45) is 0 Å². The summed E-state index contributed by atoms with van der Waals surface area (Å²) >= 11 is 0. The zero-order valence-corrected chi connectivity index (χ0v) is 30.4. The van der Waals surface area contributed by atoms with Gasteiger partial charge in [-0.25, -0.2) is 0 Å². The Hall–Kier alpha value is -7.22. The highest BCUT2D eigenvalue weighted by Crippen LogP contribution is 2.66. The Morgan fingerprint density at radius 3 is 1.80 bits per heavy atom. The molecule has 258 valence electrons. The van der Waals surface area contributed by atoms with Crippen LogP contribution in [-0.2, 0) is 5.41 Å². The van der Waals surface area contributed by atoms with Crippen LogP contribution in [0.4, 0.5) is 0 Å². The molecule has 2 aliphatic carbocycles. The largest absolute Gasteiger partial charge is 0.456 e. The molecule has 0 fully saturated rings. The quantitative estimate of drug-likeness (QED) is 0.174. The SMILES string of the molecule is c1ccc2c(c1)Oc1ccc(-c3cc(-c4ccc5ccccc5c4)c4c(c3)C3(c5ccccc5-c5ccccc53)c3c-4ccc4ccccc34)c3cccc-2c13.